The van der Waals surface area contributed by atoms with Crippen LogP contribution in [-0.2, 0) is 0 Å². The summed E-state index contributed by atoms with van der Waals surface area (Å²) in [5, 5.41) is 0. The van der Waals surface area contributed by atoms with Crippen molar-refractivity contribution in [2.24, 2.45) is 0 Å². The Morgan fingerprint density at radius 3 is 2.20 bits per heavy atom. The summed E-state index contributed by atoms with van der Waals surface area (Å²) >= 11 is 0. The molecule has 0 spiro atoms. The van der Waals surface area contributed by atoms with Gasteiger partial charge in [0.1, 0.15) is 0 Å². The molecule has 0 saturated heterocycles. The van der Waals surface area contributed by atoms with Crippen molar-refractivity contribution in [3.8, 4) is 0 Å². The summed E-state index contributed by atoms with van der Waals surface area (Å²) in [7, 11) is 0. The molecule has 0 rings (SSSR count). The topological polar surface area (TPSA) is 0 Å². The van der Waals surface area contributed by atoms with Crippen LogP contribution in [0.3, 0.4) is 0 Å². The van der Waals surface area contributed by atoms with Gasteiger partial charge in [0.2, 0.25) is 0 Å². The largest absolute Gasteiger partial charge is 0.103 e. The van der Waals surface area contributed by atoms with E-state index in [4.69, 9.17) is 0 Å². The van der Waals surface area contributed by atoms with Gasteiger partial charge in [0.05, 0.1) is 0 Å². The summed E-state index contributed by atoms with van der Waals surface area (Å²) in [5.74, 6) is 0. The van der Waals surface area contributed by atoms with Crippen LogP contribution in [0.4, 0.5) is 0 Å². The van der Waals surface area contributed by atoms with E-state index in [9.17, 15) is 0 Å². The monoisotopic (exact) mass is 200 g/mol. The summed E-state index contributed by atoms with van der Waals surface area (Å²) in [6, 6.07) is 0. The Morgan fingerprint density at radius 2 is 1.73 bits per heavy atom. The van der Waals surface area contributed by atoms with Crippen molar-refractivity contribution in [3.05, 3.63) is 72.9 Å². The summed E-state index contributed by atoms with van der Waals surface area (Å²) in [6.07, 6.45) is 12.5. The Kier molecular flexibility index (Phi) is 7.00. The van der Waals surface area contributed by atoms with E-state index >= 15 is 0 Å². The number of allylic oxidation sites excluding steroid dienone is 9. The van der Waals surface area contributed by atoms with Gasteiger partial charge in [-0.2, -0.15) is 0 Å². The zero-order valence-electron chi connectivity index (χ0n) is 9.79. The molecule has 0 heteroatoms. The second-order valence-electron chi connectivity index (χ2n) is 3.38. The number of rotatable bonds is 6. The first kappa shape index (κ1) is 13.4. The van der Waals surface area contributed by atoms with Gasteiger partial charge in [-0.05, 0) is 37.0 Å². The first-order valence-electron chi connectivity index (χ1n) is 5.06. The molecule has 0 heterocycles. The molecular weight excluding hydrogens is 180 g/mol. The minimum absolute atomic E-state index is 0.860. The van der Waals surface area contributed by atoms with Crippen molar-refractivity contribution >= 4 is 0 Å². The summed E-state index contributed by atoms with van der Waals surface area (Å²) < 4.78 is 0. The SMILES string of the molecule is C=C\C=C/C(C)=C(C)/C=C(/C=C)CC=C. The highest BCUT2D eigenvalue weighted by Crippen LogP contribution is 2.12. The molecule has 0 bridgehead atoms. The second kappa shape index (κ2) is 7.81. The van der Waals surface area contributed by atoms with Gasteiger partial charge in [-0.25, -0.2) is 0 Å². The molecule has 80 valence electrons. The van der Waals surface area contributed by atoms with Gasteiger partial charge in [0.25, 0.3) is 0 Å². The lowest BCUT2D eigenvalue weighted by molar-refractivity contribution is 1.26. The molecule has 0 aliphatic rings. The first-order valence-corrected chi connectivity index (χ1v) is 5.06. The molecule has 15 heavy (non-hydrogen) atoms. The Bertz CT molecular complexity index is 322. The van der Waals surface area contributed by atoms with Crippen LogP contribution in [0.2, 0.25) is 0 Å². The van der Waals surface area contributed by atoms with Crippen LogP contribution in [0, 0.1) is 0 Å². The van der Waals surface area contributed by atoms with Gasteiger partial charge >= 0.3 is 0 Å². The van der Waals surface area contributed by atoms with Crippen LogP contribution in [0.15, 0.2) is 72.9 Å². The van der Waals surface area contributed by atoms with E-state index in [1.165, 1.54) is 16.7 Å². The first-order chi connectivity index (χ1) is 7.15. The molecule has 0 amide bonds. The second-order valence-corrected chi connectivity index (χ2v) is 3.38. The van der Waals surface area contributed by atoms with E-state index in [-0.39, 0.29) is 0 Å². The third kappa shape index (κ3) is 5.69. The Morgan fingerprint density at radius 1 is 1.07 bits per heavy atom. The van der Waals surface area contributed by atoms with E-state index < -0.39 is 0 Å². The van der Waals surface area contributed by atoms with Gasteiger partial charge in [-0.15, -0.1) is 6.58 Å². The molecule has 0 aliphatic carbocycles. The lowest BCUT2D eigenvalue weighted by atomic mass is 10.1. The molecule has 0 aromatic carbocycles. The quantitative estimate of drug-likeness (QED) is 0.428. The molecule has 0 aromatic rings. The summed E-state index contributed by atoms with van der Waals surface area (Å²) in [4.78, 5) is 0. The van der Waals surface area contributed by atoms with Crippen LogP contribution in [0.5, 0.6) is 0 Å². The zero-order valence-corrected chi connectivity index (χ0v) is 9.79. The van der Waals surface area contributed by atoms with Crippen molar-refractivity contribution in [2.45, 2.75) is 20.3 Å². The highest BCUT2D eigenvalue weighted by molar-refractivity contribution is 5.36. The summed E-state index contributed by atoms with van der Waals surface area (Å²) in [6.45, 7) is 15.3. The molecule has 0 aliphatic heterocycles. The zero-order chi connectivity index (χ0) is 11.7. The molecule has 0 N–H and O–H groups in total. The maximum Gasteiger partial charge on any atom is -0.0100 e. The third-order valence-electron chi connectivity index (χ3n) is 2.15. The van der Waals surface area contributed by atoms with Crippen LogP contribution >= 0.6 is 0 Å². The average molecular weight is 200 g/mol. The van der Waals surface area contributed by atoms with Crippen LogP contribution in [-0.4, -0.2) is 0 Å². The molecule has 0 fully saturated rings. The average Bonchev–Trinajstić information content (AvgIpc) is 2.24. The predicted molar refractivity (Wildman–Crippen MR) is 70.8 cm³/mol. The van der Waals surface area contributed by atoms with Gasteiger partial charge in [0.15, 0.2) is 0 Å². The number of hydrogen-bond acceptors (Lipinski definition) is 0. The van der Waals surface area contributed by atoms with E-state index in [0.29, 0.717) is 0 Å². The van der Waals surface area contributed by atoms with E-state index in [1.807, 2.05) is 24.3 Å². The van der Waals surface area contributed by atoms with Crippen molar-refractivity contribution in [3.63, 3.8) is 0 Å². The van der Waals surface area contributed by atoms with Crippen LogP contribution < -0.4 is 0 Å². The standard InChI is InChI=1S/C15H20/c1-6-9-11-13(4)14(5)12-15(8-3)10-7-2/h6-9,11-12H,1-3,10H2,4-5H3/b11-9-,14-13+,15-12-. The summed E-state index contributed by atoms with van der Waals surface area (Å²) in [5.41, 5.74) is 3.66. The van der Waals surface area contributed by atoms with E-state index in [1.54, 1.807) is 6.08 Å². The van der Waals surface area contributed by atoms with Gasteiger partial charge < -0.3 is 0 Å². The van der Waals surface area contributed by atoms with Crippen LogP contribution in [0.25, 0.3) is 0 Å². The molecule has 0 nitrogen and oxygen atoms in total. The Balaban J connectivity index is 4.88. The Labute approximate surface area is 93.7 Å². The minimum Gasteiger partial charge on any atom is -0.103 e. The lowest BCUT2D eigenvalue weighted by Crippen LogP contribution is -1.81. The van der Waals surface area contributed by atoms with Crippen LogP contribution in [0.1, 0.15) is 20.3 Å². The highest BCUT2D eigenvalue weighted by Gasteiger charge is 1.92. The number of hydrogen-bond donors (Lipinski definition) is 0. The van der Waals surface area contributed by atoms with Gasteiger partial charge in [-0.1, -0.05) is 49.6 Å². The fourth-order valence-electron chi connectivity index (χ4n) is 1.10. The molecule has 0 radical (unpaired) electrons. The molecular formula is C15H20. The fraction of sp³-hybridized carbons (Fsp3) is 0.200. The van der Waals surface area contributed by atoms with E-state index in [2.05, 4.69) is 39.7 Å². The van der Waals surface area contributed by atoms with E-state index in [0.717, 1.165) is 6.42 Å². The van der Waals surface area contributed by atoms with Crippen molar-refractivity contribution in [1.82, 2.24) is 0 Å². The normalized spacial score (nSPS) is 13.6. The maximum absolute atomic E-state index is 3.78. The Hall–Kier alpha value is -1.56. The van der Waals surface area contributed by atoms with Crippen molar-refractivity contribution in [1.29, 1.82) is 0 Å². The molecule has 0 unspecified atom stereocenters. The fourth-order valence-corrected chi connectivity index (χ4v) is 1.10. The molecule has 0 aromatic heterocycles. The maximum atomic E-state index is 3.78. The third-order valence-corrected chi connectivity index (χ3v) is 2.15. The predicted octanol–water partition coefficient (Wildman–Crippen LogP) is 4.75. The lowest BCUT2D eigenvalue weighted by Gasteiger charge is -2.01. The van der Waals surface area contributed by atoms with Crippen molar-refractivity contribution < 1.29 is 0 Å². The molecule has 0 atom stereocenters. The smallest absolute Gasteiger partial charge is 0.0100 e. The van der Waals surface area contributed by atoms with Crippen molar-refractivity contribution in [2.75, 3.05) is 0 Å². The minimum atomic E-state index is 0.860. The van der Waals surface area contributed by atoms with Gasteiger partial charge in [-0.3, -0.25) is 0 Å². The van der Waals surface area contributed by atoms with Gasteiger partial charge in [0, 0.05) is 0 Å². The highest BCUT2D eigenvalue weighted by atomic mass is 14.0. The molecule has 0 saturated carbocycles.